The van der Waals surface area contributed by atoms with Crippen molar-refractivity contribution in [2.45, 2.75) is 46.5 Å². The van der Waals surface area contributed by atoms with Crippen LogP contribution in [0.2, 0.25) is 0 Å². The molecule has 2 aromatic heterocycles. The standard InChI is InChI=1S/C28H30N3S/c1-17(2)20-10-9-11-21(18(3)4)27(20)31-25-13-8-7-12-24(25)30(6)28(31)22-15-26-23(14-19(22)5)29-16-32-26/h7-18H,1-6H3/q+1. The van der Waals surface area contributed by atoms with Crippen LogP contribution in [0.25, 0.3) is 38.3 Å². The predicted octanol–water partition coefficient (Wildman–Crippen LogP) is 7.29. The second kappa shape index (κ2) is 7.86. The van der Waals surface area contributed by atoms with E-state index in [2.05, 4.69) is 110 Å². The SMILES string of the molecule is Cc1cc2ncsc2cc1-c1n(-c2c(C(C)C)cccc2C(C)C)c2ccccc2[n+]1C. The number of hydrogen-bond donors (Lipinski definition) is 0. The van der Waals surface area contributed by atoms with Gasteiger partial charge in [-0.3, -0.25) is 0 Å². The maximum atomic E-state index is 4.54. The summed E-state index contributed by atoms with van der Waals surface area (Å²) in [5.74, 6) is 2.06. The highest BCUT2D eigenvalue weighted by atomic mass is 32.1. The van der Waals surface area contributed by atoms with E-state index in [1.54, 1.807) is 11.3 Å². The van der Waals surface area contributed by atoms with Gasteiger partial charge in [-0.15, -0.1) is 11.3 Å². The van der Waals surface area contributed by atoms with Gasteiger partial charge in [-0.25, -0.2) is 9.55 Å². The van der Waals surface area contributed by atoms with Gasteiger partial charge in [0.1, 0.15) is 5.69 Å². The number of fused-ring (bicyclic) bond motifs is 2. The summed E-state index contributed by atoms with van der Waals surface area (Å²) in [6.07, 6.45) is 0. The summed E-state index contributed by atoms with van der Waals surface area (Å²) < 4.78 is 6.09. The van der Waals surface area contributed by atoms with Crippen molar-refractivity contribution in [3.8, 4) is 17.1 Å². The van der Waals surface area contributed by atoms with Gasteiger partial charge in [-0.1, -0.05) is 58.0 Å². The van der Waals surface area contributed by atoms with E-state index in [1.807, 2.05) is 5.51 Å². The summed E-state index contributed by atoms with van der Waals surface area (Å²) in [6.45, 7) is 11.4. The summed E-state index contributed by atoms with van der Waals surface area (Å²) in [5.41, 5.74) is 12.1. The number of benzene rings is 3. The van der Waals surface area contributed by atoms with Crippen molar-refractivity contribution in [1.82, 2.24) is 9.55 Å². The number of nitrogens with zero attached hydrogens (tertiary/aromatic N) is 3. The van der Waals surface area contributed by atoms with Crippen molar-refractivity contribution >= 4 is 32.6 Å². The van der Waals surface area contributed by atoms with E-state index in [4.69, 9.17) is 0 Å². The highest BCUT2D eigenvalue weighted by molar-refractivity contribution is 7.16. The van der Waals surface area contributed by atoms with Crippen LogP contribution in [0.1, 0.15) is 56.2 Å². The largest absolute Gasteiger partial charge is 0.295 e. The van der Waals surface area contributed by atoms with Gasteiger partial charge in [0.15, 0.2) is 11.0 Å². The van der Waals surface area contributed by atoms with Crippen molar-refractivity contribution in [3.63, 3.8) is 0 Å². The van der Waals surface area contributed by atoms with Crippen LogP contribution < -0.4 is 4.57 Å². The molecule has 0 aliphatic heterocycles. The molecule has 3 nitrogen and oxygen atoms in total. The van der Waals surface area contributed by atoms with Gasteiger partial charge in [-0.05, 0) is 48.6 Å². The molecule has 0 spiro atoms. The van der Waals surface area contributed by atoms with Crippen LogP contribution in [0.5, 0.6) is 0 Å². The van der Waals surface area contributed by atoms with E-state index in [0.717, 1.165) is 5.52 Å². The van der Waals surface area contributed by atoms with E-state index >= 15 is 0 Å². The number of thiazole rings is 1. The van der Waals surface area contributed by atoms with Crippen LogP contribution in [0.15, 0.2) is 60.1 Å². The maximum absolute atomic E-state index is 4.54. The van der Waals surface area contributed by atoms with E-state index < -0.39 is 0 Å². The highest BCUT2D eigenvalue weighted by Crippen LogP contribution is 2.38. The Labute approximate surface area is 194 Å². The lowest BCUT2D eigenvalue weighted by Gasteiger charge is -2.18. The van der Waals surface area contributed by atoms with Crippen molar-refractivity contribution in [1.29, 1.82) is 0 Å². The first-order valence-corrected chi connectivity index (χ1v) is 12.2. The number of rotatable bonds is 4. The smallest absolute Gasteiger partial charge is 0.245 e. The third kappa shape index (κ3) is 3.17. The summed E-state index contributed by atoms with van der Waals surface area (Å²) >= 11 is 1.71. The topological polar surface area (TPSA) is 21.7 Å². The average molecular weight is 441 g/mol. The molecule has 0 fully saturated rings. The van der Waals surface area contributed by atoms with E-state index in [1.165, 1.54) is 49.5 Å². The molecule has 0 bridgehead atoms. The van der Waals surface area contributed by atoms with Gasteiger partial charge in [0.2, 0.25) is 0 Å². The molecule has 0 unspecified atom stereocenters. The lowest BCUT2D eigenvalue weighted by molar-refractivity contribution is -0.633. The third-order valence-electron chi connectivity index (χ3n) is 6.50. The van der Waals surface area contributed by atoms with Crippen molar-refractivity contribution in [2.24, 2.45) is 7.05 Å². The molecule has 32 heavy (non-hydrogen) atoms. The molecule has 5 aromatic rings. The first-order valence-electron chi connectivity index (χ1n) is 11.3. The molecule has 0 amide bonds. The summed E-state index contributed by atoms with van der Waals surface area (Å²) in [5, 5.41) is 0. The Hall–Kier alpha value is -2.98. The minimum atomic E-state index is 0.424. The number of aromatic nitrogens is 3. The number of para-hydroxylation sites is 3. The molecule has 0 radical (unpaired) electrons. The van der Waals surface area contributed by atoms with Crippen molar-refractivity contribution < 1.29 is 4.57 Å². The Morgan fingerprint density at radius 2 is 1.59 bits per heavy atom. The number of imidazole rings is 1. The van der Waals surface area contributed by atoms with Gasteiger partial charge in [0, 0.05) is 11.1 Å². The van der Waals surface area contributed by atoms with Crippen LogP contribution in [0, 0.1) is 6.92 Å². The van der Waals surface area contributed by atoms with Crippen LogP contribution in [0.4, 0.5) is 0 Å². The molecule has 0 saturated carbocycles. The summed E-state index contributed by atoms with van der Waals surface area (Å²) in [6, 6.07) is 20.1. The second-order valence-electron chi connectivity index (χ2n) is 9.29. The lowest BCUT2D eigenvalue weighted by atomic mass is 9.92. The molecule has 0 aliphatic carbocycles. The zero-order chi connectivity index (χ0) is 22.6. The first-order chi connectivity index (χ1) is 15.4. The Bertz CT molecular complexity index is 1430. The second-order valence-corrected chi connectivity index (χ2v) is 10.2. The molecule has 2 heterocycles. The molecule has 0 atom stereocenters. The fraction of sp³-hybridized carbons (Fsp3) is 0.286. The Kier molecular flexibility index (Phi) is 5.13. The zero-order valence-corrected chi connectivity index (χ0v) is 20.5. The minimum absolute atomic E-state index is 0.424. The molecule has 0 N–H and O–H groups in total. The predicted molar refractivity (Wildman–Crippen MR) is 136 cm³/mol. The van der Waals surface area contributed by atoms with E-state index in [0.29, 0.717) is 11.8 Å². The molecule has 4 heteroatoms. The first kappa shape index (κ1) is 20.9. The van der Waals surface area contributed by atoms with Crippen LogP contribution >= 0.6 is 11.3 Å². The summed E-state index contributed by atoms with van der Waals surface area (Å²) in [4.78, 5) is 4.54. The molecule has 5 rings (SSSR count). The minimum Gasteiger partial charge on any atom is -0.245 e. The third-order valence-corrected chi connectivity index (χ3v) is 7.29. The van der Waals surface area contributed by atoms with Crippen LogP contribution in [-0.2, 0) is 7.05 Å². The van der Waals surface area contributed by atoms with Crippen molar-refractivity contribution in [3.05, 3.63) is 76.8 Å². The molecule has 3 aromatic carbocycles. The molecular formula is C28H30N3S+. The van der Waals surface area contributed by atoms with Gasteiger partial charge >= 0.3 is 0 Å². The molecule has 162 valence electrons. The molecule has 0 saturated heterocycles. The highest BCUT2D eigenvalue weighted by Gasteiger charge is 2.31. The van der Waals surface area contributed by atoms with E-state index in [-0.39, 0.29) is 0 Å². The zero-order valence-electron chi connectivity index (χ0n) is 19.7. The quantitative estimate of drug-likeness (QED) is 0.269. The number of aryl methyl sites for hydroxylation is 2. The van der Waals surface area contributed by atoms with Gasteiger partial charge in [0.25, 0.3) is 5.82 Å². The van der Waals surface area contributed by atoms with E-state index in [9.17, 15) is 0 Å². The average Bonchev–Trinajstić information content (AvgIpc) is 3.34. The fourth-order valence-electron chi connectivity index (χ4n) is 4.86. The van der Waals surface area contributed by atoms with Gasteiger partial charge in [-0.2, -0.15) is 4.57 Å². The normalized spacial score (nSPS) is 12.0. The monoisotopic (exact) mass is 440 g/mol. The molecule has 0 aliphatic rings. The lowest BCUT2D eigenvalue weighted by Crippen LogP contribution is -2.30. The summed E-state index contributed by atoms with van der Waals surface area (Å²) in [7, 11) is 2.19. The fourth-order valence-corrected chi connectivity index (χ4v) is 5.56. The molecular weight excluding hydrogens is 410 g/mol. The Balaban J connectivity index is 1.97. The number of hydrogen-bond acceptors (Lipinski definition) is 2. The van der Waals surface area contributed by atoms with Crippen LogP contribution in [0.3, 0.4) is 0 Å². The maximum Gasteiger partial charge on any atom is 0.295 e. The van der Waals surface area contributed by atoms with Crippen molar-refractivity contribution in [2.75, 3.05) is 0 Å². The van der Waals surface area contributed by atoms with Crippen LogP contribution in [-0.4, -0.2) is 9.55 Å². The van der Waals surface area contributed by atoms with Gasteiger partial charge < -0.3 is 0 Å². The van der Waals surface area contributed by atoms with Gasteiger partial charge in [0.05, 0.1) is 28.3 Å². The Morgan fingerprint density at radius 3 is 2.28 bits per heavy atom. The Morgan fingerprint density at radius 1 is 0.906 bits per heavy atom.